The van der Waals surface area contributed by atoms with Gasteiger partial charge < -0.3 is 10.1 Å². The summed E-state index contributed by atoms with van der Waals surface area (Å²) in [7, 11) is 0. The first kappa shape index (κ1) is 20.7. The van der Waals surface area contributed by atoms with E-state index in [4.69, 9.17) is 16.3 Å². The van der Waals surface area contributed by atoms with Crippen LogP contribution in [0, 0.1) is 13.8 Å². The topological polar surface area (TPSA) is 41.6 Å². The smallest absolute Gasteiger partial charge is 0.258 e. The molecule has 1 heterocycles. The first-order chi connectivity index (χ1) is 13.5. The van der Waals surface area contributed by atoms with Crippen molar-refractivity contribution in [3.05, 3.63) is 64.2 Å². The SMILES string of the molecule is Cc1ccc(OCC(=O)NC[C@@H](c2ccccc2Cl)N2CCCCC2)cc1C. The number of benzene rings is 2. The molecule has 0 saturated carbocycles. The maximum Gasteiger partial charge on any atom is 0.258 e. The molecule has 0 aromatic heterocycles. The van der Waals surface area contributed by atoms with Crippen LogP contribution in [0.15, 0.2) is 42.5 Å². The molecule has 1 aliphatic rings. The third-order valence-electron chi connectivity index (χ3n) is 5.44. The predicted molar refractivity (Wildman–Crippen MR) is 114 cm³/mol. The highest BCUT2D eigenvalue weighted by molar-refractivity contribution is 6.31. The van der Waals surface area contributed by atoms with Crippen LogP contribution < -0.4 is 10.1 Å². The van der Waals surface area contributed by atoms with Gasteiger partial charge in [-0.2, -0.15) is 0 Å². The van der Waals surface area contributed by atoms with E-state index in [1.807, 2.05) is 43.3 Å². The predicted octanol–water partition coefficient (Wildman–Crippen LogP) is 4.68. The Balaban J connectivity index is 1.60. The van der Waals surface area contributed by atoms with Crippen LogP contribution in [-0.2, 0) is 4.79 Å². The van der Waals surface area contributed by atoms with E-state index in [-0.39, 0.29) is 18.6 Å². The van der Waals surface area contributed by atoms with Gasteiger partial charge in [0.05, 0.1) is 6.04 Å². The van der Waals surface area contributed by atoms with Gasteiger partial charge in [0.15, 0.2) is 6.61 Å². The Morgan fingerprint density at radius 2 is 1.86 bits per heavy atom. The standard InChI is InChI=1S/C23H29ClN2O2/c1-17-10-11-19(14-18(17)2)28-16-23(27)25-15-22(26-12-6-3-7-13-26)20-8-4-5-9-21(20)24/h4-5,8-11,14,22H,3,6-7,12-13,15-16H2,1-2H3,(H,25,27)/t22-/m0/s1. The molecule has 3 rings (SSSR count). The van der Waals surface area contributed by atoms with Crippen LogP contribution in [-0.4, -0.2) is 37.0 Å². The highest BCUT2D eigenvalue weighted by Gasteiger charge is 2.24. The molecule has 1 amide bonds. The number of piperidine rings is 1. The Kier molecular flexibility index (Phi) is 7.35. The molecule has 150 valence electrons. The van der Waals surface area contributed by atoms with E-state index >= 15 is 0 Å². The lowest BCUT2D eigenvalue weighted by Crippen LogP contribution is -2.41. The number of halogens is 1. The Bertz CT molecular complexity index is 803. The molecule has 0 bridgehead atoms. The summed E-state index contributed by atoms with van der Waals surface area (Å²) in [6, 6.07) is 13.9. The molecule has 0 aliphatic carbocycles. The first-order valence-electron chi connectivity index (χ1n) is 10.00. The van der Waals surface area contributed by atoms with Crippen LogP contribution in [0.25, 0.3) is 0 Å². The van der Waals surface area contributed by atoms with Gasteiger partial charge in [0.2, 0.25) is 0 Å². The van der Waals surface area contributed by atoms with Crippen molar-refractivity contribution in [2.24, 2.45) is 0 Å². The molecule has 2 aromatic carbocycles. The van der Waals surface area contributed by atoms with Crippen molar-refractivity contribution in [1.29, 1.82) is 0 Å². The van der Waals surface area contributed by atoms with Gasteiger partial charge in [-0.15, -0.1) is 0 Å². The van der Waals surface area contributed by atoms with Crippen LogP contribution >= 0.6 is 11.6 Å². The summed E-state index contributed by atoms with van der Waals surface area (Å²) in [6.07, 6.45) is 3.64. The molecule has 1 N–H and O–H groups in total. The molecule has 1 aliphatic heterocycles. The third kappa shape index (κ3) is 5.49. The summed E-state index contributed by atoms with van der Waals surface area (Å²) >= 11 is 6.46. The van der Waals surface area contributed by atoms with Crippen molar-refractivity contribution in [3.63, 3.8) is 0 Å². The zero-order chi connectivity index (χ0) is 19.9. The summed E-state index contributed by atoms with van der Waals surface area (Å²) < 4.78 is 5.66. The molecule has 4 nitrogen and oxygen atoms in total. The van der Waals surface area contributed by atoms with Gasteiger partial charge in [0.1, 0.15) is 5.75 Å². The molecule has 1 fully saturated rings. The number of aryl methyl sites for hydroxylation is 2. The number of nitrogens with zero attached hydrogens (tertiary/aromatic N) is 1. The lowest BCUT2D eigenvalue weighted by Gasteiger charge is -2.35. The monoisotopic (exact) mass is 400 g/mol. The number of likely N-dealkylation sites (tertiary alicyclic amines) is 1. The minimum absolute atomic E-state index is 0.0116. The summed E-state index contributed by atoms with van der Waals surface area (Å²) in [5.74, 6) is 0.601. The van der Waals surface area contributed by atoms with Gasteiger partial charge in [0, 0.05) is 11.6 Å². The zero-order valence-electron chi connectivity index (χ0n) is 16.7. The average molecular weight is 401 g/mol. The highest BCUT2D eigenvalue weighted by Crippen LogP contribution is 2.29. The van der Waals surface area contributed by atoms with E-state index in [1.54, 1.807) is 0 Å². The van der Waals surface area contributed by atoms with E-state index in [1.165, 1.54) is 24.8 Å². The number of carbonyl (C=O) groups is 1. The van der Waals surface area contributed by atoms with Gasteiger partial charge in [-0.1, -0.05) is 42.3 Å². The first-order valence-corrected chi connectivity index (χ1v) is 10.4. The number of amides is 1. The lowest BCUT2D eigenvalue weighted by molar-refractivity contribution is -0.123. The maximum absolute atomic E-state index is 12.4. The van der Waals surface area contributed by atoms with Crippen molar-refractivity contribution in [1.82, 2.24) is 10.2 Å². The lowest BCUT2D eigenvalue weighted by atomic mass is 10.0. The van der Waals surface area contributed by atoms with Crippen LogP contribution in [0.3, 0.4) is 0 Å². The zero-order valence-corrected chi connectivity index (χ0v) is 17.5. The van der Waals surface area contributed by atoms with E-state index in [9.17, 15) is 4.79 Å². The minimum atomic E-state index is -0.118. The summed E-state index contributed by atoms with van der Waals surface area (Å²) in [4.78, 5) is 14.8. The Morgan fingerprint density at radius 1 is 1.11 bits per heavy atom. The van der Waals surface area contributed by atoms with Gasteiger partial charge in [-0.05, 0) is 74.7 Å². The Hall–Kier alpha value is -2.04. The normalized spacial score (nSPS) is 15.8. The number of ether oxygens (including phenoxy) is 1. The number of carbonyl (C=O) groups excluding carboxylic acids is 1. The fraction of sp³-hybridized carbons (Fsp3) is 0.435. The molecule has 2 aromatic rings. The molecule has 1 atom stereocenters. The van der Waals surface area contributed by atoms with Crippen molar-refractivity contribution < 1.29 is 9.53 Å². The molecule has 0 spiro atoms. The molecule has 0 unspecified atom stereocenters. The van der Waals surface area contributed by atoms with E-state index in [0.29, 0.717) is 6.54 Å². The van der Waals surface area contributed by atoms with Crippen molar-refractivity contribution in [3.8, 4) is 5.75 Å². The van der Waals surface area contributed by atoms with Crippen LogP contribution in [0.2, 0.25) is 5.02 Å². The van der Waals surface area contributed by atoms with Crippen molar-refractivity contribution in [2.75, 3.05) is 26.2 Å². The van der Waals surface area contributed by atoms with E-state index in [0.717, 1.165) is 35.0 Å². The Labute approximate surface area is 172 Å². The summed E-state index contributed by atoms with van der Waals surface area (Å²) in [6.45, 7) is 6.70. The molecular weight excluding hydrogens is 372 g/mol. The second-order valence-corrected chi connectivity index (χ2v) is 7.88. The summed E-state index contributed by atoms with van der Waals surface area (Å²) in [5.41, 5.74) is 3.43. The number of hydrogen-bond donors (Lipinski definition) is 1. The van der Waals surface area contributed by atoms with Gasteiger partial charge in [0.25, 0.3) is 5.91 Å². The van der Waals surface area contributed by atoms with Crippen molar-refractivity contribution in [2.45, 2.75) is 39.2 Å². The third-order valence-corrected chi connectivity index (χ3v) is 5.78. The van der Waals surface area contributed by atoms with Gasteiger partial charge in [-0.25, -0.2) is 0 Å². The van der Waals surface area contributed by atoms with Crippen molar-refractivity contribution >= 4 is 17.5 Å². The number of rotatable bonds is 7. The van der Waals surface area contributed by atoms with Crippen LogP contribution in [0.5, 0.6) is 5.75 Å². The second kappa shape index (κ2) is 9.94. The fourth-order valence-corrected chi connectivity index (χ4v) is 3.89. The number of hydrogen-bond acceptors (Lipinski definition) is 3. The second-order valence-electron chi connectivity index (χ2n) is 7.47. The molecule has 28 heavy (non-hydrogen) atoms. The maximum atomic E-state index is 12.4. The fourth-order valence-electron chi connectivity index (χ4n) is 3.63. The van der Waals surface area contributed by atoms with Gasteiger partial charge >= 0.3 is 0 Å². The van der Waals surface area contributed by atoms with Crippen LogP contribution in [0.4, 0.5) is 0 Å². The quantitative estimate of drug-likeness (QED) is 0.733. The van der Waals surface area contributed by atoms with Gasteiger partial charge in [-0.3, -0.25) is 9.69 Å². The average Bonchev–Trinajstić information content (AvgIpc) is 2.71. The molecular formula is C23H29ClN2O2. The minimum Gasteiger partial charge on any atom is -0.484 e. The molecule has 1 saturated heterocycles. The summed E-state index contributed by atoms with van der Waals surface area (Å²) in [5, 5.41) is 3.79. The Morgan fingerprint density at radius 3 is 2.57 bits per heavy atom. The highest BCUT2D eigenvalue weighted by atomic mass is 35.5. The molecule has 5 heteroatoms. The molecule has 0 radical (unpaired) electrons. The number of nitrogens with one attached hydrogen (secondary N) is 1. The van der Waals surface area contributed by atoms with E-state index in [2.05, 4.69) is 23.2 Å². The van der Waals surface area contributed by atoms with Crippen LogP contribution in [0.1, 0.15) is 42.0 Å². The van der Waals surface area contributed by atoms with E-state index < -0.39 is 0 Å². The largest absolute Gasteiger partial charge is 0.484 e.